The van der Waals surface area contributed by atoms with Gasteiger partial charge in [0.25, 0.3) is 0 Å². The largest absolute Gasteiger partial charge is 0.368 e. The Morgan fingerprint density at radius 3 is 2.70 bits per heavy atom. The first-order chi connectivity index (χ1) is 4.72. The van der Waals surface area contributed by atoms with Gasteiger partial charge in [-0.25, -0.2) is 0 Å². The monoisotopic (exact) mass is 148 g/mol. The van der Waals surface area contributed by atoms with E-state index in [0.29, 0.717) is 6.42 Å². The Bertz CT molecular complexity index is 108. The third-order valence-corrected chi connectivity index (χ3v) is 1.32. The van der Waals surface area contributed by atoms with Crippen molar-refractivity contribution in [3.8, 4) is 0 Å². The zero-order valence-electron chi connectivity index (χ0n) is 6.06. The molecule has 0 aromatic heterocycles. The summed E-state index contributed by atoms with van der Waals surface area (Å²) in [4.78, 5) is 10.4. The van der Waals surface area contributed by atoms with E-state index in [4.69, 9.17) is 5.73 Å². The standard InChI is InChI=1S/C6H13FN2O/c1-2-3-4-5(9-7)6(8)10/h5,9H,2-4H2,1H3,(H2,8,10)/t5-/m0/s1. The molecule has 4 heteroatoms. The van der Waals surface area contributed by atoms with E-state index in [1.165, 1.54) is 5.54 Å². The van der Waals surface area contributed by atoms with Crippen LogP contribution >= 0.6 is 0 Å². The first-order valence-electron chi connectivity index (χ1n) is 3.37. The lowest BCUT2D eigenvalue weighted by atomic mass is 10.1. The second kappa shape index (κ2) is 5.17. The molecule has 60 valence electrons. The second-order valence-corrected chi connectivity index (χ2v) is 2.21. The number of nitrogens with two attached hydrogens (primary N) is 1. The zero-order valence-corrected chi connectivity index (χ0v) is 6.06. The zero-order chi connectivity index (χ0) is 7.98. The predicted octanol–water partition coefficient (Wildman–Crippen LogP) is 0.505. The lowest BCUT2D eigenvalue weighted by molar-refractivity contribution is -0.121. The van der Waals surface area contributed by atoms with Gasteiger partial charge in [0.2, 0.25) is 5.91 Å². The second-order valence-electron chi connectivity index (χ2n) is 2.21. The molecule has 0 aromatic rings. The van der Waals surface area contributed by atoms with Gasteiger partial charge >= 0.3 is 0 Å². The van der Waals surface area contributed by atoms with Crippen molar-refractivity contribution in [2.24, 2.45) is 5.73 Å². The number of unbranched alkanes of at least 4 members (excludes halogenated alkanes) is 1. The first-order valence-corrected chi connectivity index (χ1v) is 3.37. The Morgan fingerprint density at radius 1 is 1.80 bits per heavy atom. The number of nitrogens with one attached hydrogen (secondary N) is 1. The number of amides is 1. The van der Waals surface area contributed by atoms with Crippen LogP contribution in [-0.2, 0) is 4.79 Å². The minimum absolute atomic E-state index is 0.475. The van der Waals surface area contributed by atoms with Crippen LogP contribution in [0, 0.1) is 0 Å². The number of carbonyl (C=O) groups is 1. The van der Waals surface area contributed by atoms with Gasteiger partial charge in [-0.15, -0.1) is 10.0 Å². The average Bonchev–Trinajstić information content (AvgIpc) is 1.89. The van der Waals surface area contributed by atoms with Crippen LogP contribution in [0.25, 0.3) is 0 Å². The van der Waals surface area contributed by atoms with Crippen molar-refractivity contribution in [3.05, 3.63) is 0 Å². The van der Waals surface area contributed by atoms with Gasteiger partial charge < -0.3 is 5.73 Å². The van der Waals surface area contributed by atoms with Crippen molar-refractivity contribution in [3.63, 3.8) is 0 Å². The van der Waals surface area contributed by atoms with E-state index in [-0.39, 0.29) is 0 Å². The molecule has 0 rings (SSSR count). The first kappa shape index (κ1) is 9.36. The van der Waals surface area contributed by atoms with E-state index in [1.54, 1.807) is 0 Å². The van der Waals surface area contributed by atoms with Gasteiger partial charge in [-0.05, 0) is 6.42 Å². The molecule has 0 unspecified atom stereocenters. The van der Waals surface area contributed by atoms with Crippen LogP contribution in [0.3, 0.4) is 0 Å². The number of rotatable bonds is 5. The van der Waals surface area contributed by atoms with E-state index in [0.717, 1.165) is 12.8 Å². The van der Waals surface area contributed by atoms with Crippen LogP contribution in [0.1, 0.15) is 26.2 Å². The van der Waals surface area contributed by atoms with Crippen LogP contribution in [0.15, 0.2) is 0 Å². The highest BCUT2D eigenvalue weighted by Gasteiger charge is 2.12. The van der Waals surface area contributed by atoms with Gasteiger partial charge in [0.15, 0.2) is 0 Å². The smallest absolute Gasteiger partial charge is 0.237 e. The number of halogens is 1. The van der Waals surface area contributed by atoms with E-state index < -0.39 is 11.9 Å². The molecule has 3 N–H and O–H groups in total. The lowest BCUT2D eigenvalue weighted by Gasteiger charge is -2.06. The summed E-state index contributed by atoms with van der Waals surface area (Å²) in [6.07, 6.45) is 2.22. The maximum Gasteiger partial charge on any atom is 0.237 e. The summed E-state index contributed by atoms with van der Waals surface area (Å²) in [5, 5.41) is 0. The Kier molecular flexibility index (Phi) is 4.84. The Labute approximate surface area is 59.7 Å². The van der Waals surface area contributed by atoms with E-state index in [9.17, 15) is 9.28 Å². The average molecular weight is 148 g/mol. The highest BCUT2D eigenvalue weighted by molar-refractivity contribution is 5.79. The van der Waals surface area contributed by atoms with Gasteiger partial charge in [-0.3, -0.25) is 4.79 Å². The third-order valence-electron chi connectivity index (χ3n) is 1.32. The van der Waals surface area contributed by atoms with Crippen molar-refractivity contribution in [1.82, 2.24) is 5.54 Å². The molecule has 0 aliphatic carbocycles. The number of hydrogen-bond acceptors (Lipinski definition) is 2. The number of hydrogen-bond donors (Lipinski definition) is 2. The molecule has 0 aliphatic rings. The summed E-state index contributed by atoms with van der Waals surface area (Å²) in [5.74, 6) is -0.629. The fourth-order valence-electron chi connectivity index (χ4n) is 0.659. The van der Waals surface area contributed by atoms with Crippen LogP contribution in [0.5, 0.6) is 0 Å². The van der Waals surface area contributed by atoms with Gasteiger partial charge in [0, 0.05) is 0 Å². The van der Waals surface area contributed by atoms with E-state index in [2.05, 4.69) is 0 Å². The molecular formula is C6H13FN2O. The lowest BCUT2D eigenvalue weighted by Crippen LogP contribution is -2.36. The summed E-state index contributed by atoms with van der Waals surface area (Å²) < 4.78 is 11.7. The molecule has 0 aliphatic heterocycles. The summed E-state index contributed by atoms with van der Waals surface area (Å²) >= 11 is 0. The summed E-state index contributed by atoms with van der Waals surface area (Å²) in [6.45, 7) is 1.97. The molecule has 0 bridgehead atoms. The highest BCUT2D eigenvalue weighted by atomic mass is 19.2. The molecule has 0 fully saturated rings. The normalized spacial score (nSPS) is 13.0. The SMILES string of the molecule is CCCC[C@H](NF)C(N)=O. The van der Waals surface area contributed by atoms with Crippen molar-refractivity contribution in [1.29, 1.82) is 0 Å². The molecule has 10 heavy (non-hydrogen) atoms. The molecule has 0 spiro atoms. The molecular weight excluding hydrogens is 135 g/mol. The van der Waals surface area contributed by atoms with E-state index in [1.807, 2.05) is 6.92 Å². The van der Waals surface area contributed by atoms with Gasteiger partial charge in [0.05, 0.1) is 0 Å². The van der Waals surface area contributed by atoms with Gasteiger partial charge in [-0.1, -0.05) is 19.8 Å². The molecule has 0 aromatic carbocycles. The molecule has 0 radical (unpaired) electrons. The van der Waals surface area contributed by atoms with Crippen LogP contribution in [0.4, 0.5) is 4.48 Å². The van der Waals surface area contributed by atoms with Crippen LogP contribution in [0.2, 0.25) is 0 Å². The van der Waals surface area contributed by atoms with Crippen LogP contribution < -0.4 is 11.3 Å². The molecule has 1 atom stereocenters. The predicted molar refractivity (Wildman–Crippen MR) is 36.8 cm³/mol. The van der Waals surface area contributed by atoms with Crippen LogP contribution in [-0.4, -0.2) is 11.9 Å². The molecule has 0 saturated heterocycles. The Hall–Kier alpha value is -0.640. The highest BCUT2D eigenvalue weighted by Crippen LogP contribution is 1.99. The van der Waals surface area contributed by atoms with E-state index >= 15 is 0 Å². The Morgan fingerprint density at radius 2 is 2.40 bits per heavy atom. The summed E-state index contributed by atoms with van der Waals surface area (Å²) in [5.41, 5.74) is 6.21. The van der Waals surface area contributed by atoms with Crippen molar-refractivity contribution in [2.75, 3.05) is 0 Å². The molecule has 0 saturated carbocycles. The van der Waals surface area contributed by atoms with Gasteiger partial charge in [0.1, 0.15) is 6.04 Å². The van der Waals surface area contributed by atoms with Gasteiger partial charge in [-0.2, -0.15) is 0 Å². The topological polar surface area (TPSA) is 55.1 Å². The fraction of sp³-hybridized carbons (Fsp3) is 0.833. The quantitative estimate of drug-likeness (QED) is 0.558. The summed E-state index contributed by atoms with van der Waals surface area (Å²) in [7, 11) is 0. The van der Waals surface area contributed by atoms with Crippen molar-refractivity contribution < 1.29 is 9.28 Å². The minimum atomic E-state index is -0.806. The van der Waals surface area contributed by atoms with Crippen molar-refractivity contribution in [2.45, 2.75) is 32.2 Å². The molecule has 1 amide bonds. The Balaban J connectivity index is 3.50. The molecule has 0 heterocycles. The maximum atomic E-state index is 11.7. The number of primary amides is 1. The third kappa shape index (κ3) is 3.40. The maximum absolute atomic E-state index is 11.7. The molecule has 3 nitrogen and oxygen atoms in total. The summed E-state index contributed by atoms with van der Waals surface area (Å²) in [6, 6.07) is -0.806. The van der Waals surface area contributed by atoms with Crippen molar-refractivity contribution >= 4 is 5.91 Å². The number of carbonyl (C=O) groups excluding carboxylic acids is 1. The minimum Gasteiger partial charge on any atom is -0.368 e. The fourth-order valence-corrected chi connectivity index (χ4v) is 0.659.